The molecule has 2 amide bonds. The monoisotopic (exact) mass is 376 g/mol. The largest absolute Gasteiger partial charge is 0.355 e. The number of halogens is 2. The number of benzene rings is 2. The predicted octanol–water partition coefficient (Wildman–Crippen LogP) is 3.62. The SMILES string of the molecule is O=C(CCl)NCC1CCCCC1NC(=O)c1cccc2cc(F)ccc12. The second-order valence-electron chi connectivity index (χ2n) is 6.73. The molecule has 1 saturated carbocycles. The van der Waals surface area contributed by atoms with Gasteiger partial charge < -0.3 is 10.6 Å². The molecule has 2 aromatic rings. The van der Waals surface area contributed by atoms with E-state index in [9.17, 15) is 14.0 Å². The van der Waals surface area contributed by atoms with E-state index in [1.165, 1.54) is 12.1 Å². The molecule has 2 aromatic carbocycles. The van der Waals surface area contributed by atoms with Gasteiger partial charge in [0.1, 0.15) is 11.7 Å². The van der Waals surface area contributed by atoms with E-state index < -0.39 is 0 Å². The number of hydrogen-bond donors (Lipinski definition) is 2. The van der Waals surface area contributed by atoms with Crippen LogP contribution >= 0.6 is 11.6 Å². The smallest absolute Gasteiger partial charge is 0.252 e. The Bertz CT molecular complexity index is 811. The van der Waals surface area contributed by atoms with Crippen LogP contribution in [-0.2, 0) is 4.79 Å². The van der Waals surface area contributed by atoms with E-state index in [2.05, 4.69) is 10.6 Å². The highest BCUT2D eigenvalue weighted by Gasteiger charge is 2.27. The number of nitrogens with one attached hydrogen (secondary N) is 2. The van der Waals surface area contributed by atoms with Crippen LogP contribution in [-0.4, -0.2) is 30.3 Å². The lowest BCUT2D eigenvalue weighted by atomic mass is 9.84. The molecule has 1 aliphatic carbocycles. The van der Waals surface area contributed by atoms with Crippen molar-refractivity contribution in [2.75, 3.05) is 12.4 Å². The molecular formula is C20H22ClFN2O2. The van der Waals surface area contributed by atoms with Crippen molar-refractivity contribution in [2.24, 2.45) is 5.92 Å². The minimum atomic E-state index is -0.322. The Kier molecular flexibility index (Phi) is 6.09. The standard InChI is InChI=1S/C20H22ClFN2O2/c21-11-19(25)23-12-14-4-1-2-7-18(14)24-20(26)17-6-3-5-13-10-15(22)8-9-16(13)17/h3,5-6,8-10,14,18H,1-2,4,7,11-12H2,(H,23,25)(H,24,26). The van der Waals surface area contributed by atoms with E-state index in [4.69, 9.17) is 11.6 Å². The molecule has 0 radical (unpaired) electrons. The Hall–Kier alpha value is -2.14. The molecule has 1 fully saturated rings. The summed E-state index contributed by atoms with van der Waals surface area (Å²) in [6.45, 7) is 0.511. The van der Waals surface area contributed by atoms with Crippen molar-refractivity contribution in [1.29, 1.82) is 0 Å². The molecule has 138 valence electrons. The summed E-state index contributed by atoms with van der Waals surface area (Å²) in [5, 5.41) is 7.37. The zero-order valence-corrected chi connectivity index (χ0v) is 15.2. The van der Waals surface area contributed by atoms with Gasteiger partial charge in [-0.3, -0.25) is 9.59 Å². The van der Waals surface area contributed by atoms with Crippen LogP contribution in [0.3, 0.4) is 0 Å². The van der Waals surface area contributed by atoms with E-state index >= 15 is 0 Å². The molecule has 0 aromatic heterocycles. The molecule has 0 heterocycles. The number of amides is 2. The van der Waals surface area contributed by atoms with Crippen LogP contribution < -0.4 is 10.6 Å². The first-order chi connectivity index (χ1) is 12.6. The molecule has 0 saturated heterocycles. The number of carbonyl (C=O) groups is 2. The second-order valence-corrected chi connectivity index (χ2v) is 7.00. The molecule has 4 nitrogen and oxygen atoms in total. The summed E-state index contributed by atoms with van der Waals surface area (Å²) in [5.41, 5.74) is 0.539. The molecule has 2 N–H and O–H groups in total. The fraction of sp³-hybridized carbons (Fsp3) is 0.400. The van der Waals surface area contributed by atoms with Crippen LogP contribution in [0.5, 0.6) is 0 Å². The van der Waals surface area contributed by atoms with Crippen molar-refractivity contribution < 1.29 is 14.0 Å². The van der Waals surface area contributed by atoms with Gasteiger partial charge in [-0.1, -0.05) is 31.0 Å². The molecule has 0 aliphatic heterocycles. The molecule has 6 heteroatoms. The van der Waals surface area contributed by atoms with Gasteiger partial charge in [-0.2, -0.15) is 0 Å². The summed E-state index contributed by atoms with van der Waals surface area (Å²) in [4.78, 5) is 24.3. The third-order valence-corrected chi connectivity index (χ3v) is 5.24. The Morgan fingerprint density at radius 3 is 2.77 bits per heavy atom. The van der Waals surface area contributed by atoms with Crippen molar-refractivity contribution in [1.82, 2.24) is 10.6 Å². The molecule has 3 rings (SSSR count). The molecule has 1 aliphatic rings. The molecule has 0 bridgehead atoms. The maximum atomic E-state index is 13.4. The Morgan fingerprint density at radius 2 is 1.96 bits per heavy atom. The van der Waals surface area contributed by atoms with Crippen LogP contribution in [0.15, 0.2) is 36.4 Å². The Balaban J connectivity index is 1.74. The van der Waals surface area contributed by atoms with Crippen LogP contribution in [0.1, 0.15) is 36.0 Å². The maximum Gasteiger partial charge on any atom is 0.252 e. The first kappa shape index (κ1) is 18.6. The Morgan fingerprint density at radius 1 is 1.15 bits per heavy atom. The van der Waals surface area contributed by atoms with Crippen molar-refractivity contribution in [3.63, 3.8) is 0 Å². The molecular weight excluding hydrogens is 355 g/mol. The first-order valence-electron chi connectivity index (χ1n) is 8.90. The van der Waals surface area contributed by atoms with E-state index in [0.29, 0.717) is 17.5 Å². The minimum absolute atomic E-state index is 0.00239. The van der Waals surface area contributed by atoms with E-state index in [1.807, 2.05) is 0 Å². The van der Waals surface area contributed by atoms with Crippen molar-refractivity contribution in [2.45, 2.75) is 31.7 Å². The number of fused-ring (bicyclic) bond motifs is 1. The highest BCUT2D eigenvalue weighted by molar-refractivity contribution is 6.27. The minimum Gasteiger partial charge on any atom is -0.355 e. The third kappa shape index (κ3) is 4.33. The van der Waals surface area contributed by atoms with Crippen LogP contribution in [0, 0.1) is 11.7 Å². The third-order valence-electron chi connectivity index (χ3n) is 5.00. The quantitative estimate of drug-likeness (QED) is 0.783. The van der Waals surface area contributed by atoms with E-state index in [-0.39, 0.29) is 35.5 Å². The summed E-state index contributed by atoms with van der Waals surface area (Å²) in [7, 11) is 0. The lowest BCUT2D eigenvalue weighted by molar-refractivity contribution is -0.118. The maximum absolute atomic E-state index is 13.4. The van der Waals surface area contributed by atoms with Gasteiger partial charge in [-0.15, -0.1) is 11.6 Å². The van der Waals surface area contributed by atoms with Crippen molar-refractivity contribution in [3.8, 4) is 0 Å². The highest BCUT2D eigenvalue weighted by Crippen LogP contribution is 2.25. The normalized spacial score (nSPS) is 19.9. The number of hydrogen-bond acceptors (Lipinski definition) is 2. The van der Waals surface area contributed by atoms with Crippen molar-refractivity contribution >= 4 is 34.2 Å². The van der Waals surface area contributed by atoms with Crippen LogP contribution in [0.2, 0.25) is 0 Å². The van der Waals surface area contributed by atoms with Gasteiger partial charge in [0.25, 0.3) is 5.91 Å². The van der Waals surface area contributed by atoms with Gasteiger partial charge in [0, 0.05) is 18.2 Å². The summed E-state index contributed by atoms with van der Waals surface area (Å²) >= 11 is 5.53. The summed E-state index contributed by atoms with van der Waals surface area (Å²) in [6.07, 6.45) is 3.97. The first-order valence-corrected chi connectivity index (χ1v) is 9.43. The van der Waals surface area contributed by atoms with Gasteiger partial charge in [-0.05, 0) is 47.7 Å². The average molecular weight is 377 g/mol. The predicted molar refractivity (Wildman–Crippen MR) is 101 cm³/mol. The molecule has 0 spiro atoms. The summed E-state index contributed by atoms with van der Waals surface area (Å²) in [5.74, 6) is -0.554. The number of rotatable bonds is 5. The van der Waals surface area contributed by atoms with Gasteiger partial charge in [0.15, 0.2) is 0 Å². The average Bonchev–Trinajstić information content (AvgIpc) is 2.66. The van der Waals surface area contributed by atoms with Gasteiger partial charge >= 0.3 is 0 Å². The summed E-state index contributed by atoms with van der Waals surface area (Å²) in [6, 6.07) is 9.74. The fourth-order valence-corrected chi connectivity index (χ4v) is 3.73. The van der Waals surface area contributed by atoms with E-state index in [0.717, 1.165) is 31.1 Å². The highest BCUT2D eigenvalue weighted by atomic mass is 35.5. The van der Waals surface area contributed by atoms with Crippen LogP contribution in [0.25, 0.3) is 10.8 Å². The Labute approximate surface area is 157 Å². The van der Waals surface area contributed by atoms with Crippen molar-refractivity contribution in [3.05, 3.63) is 47.8 Å². The lowest BCUT2D eigenvalue weighted by Crippen LogP contribution is -2.46. The van der Waals surface area contributed by atoms with Gasteiger partial charge in [-0.25, -0.2) is 4.39 Å². The van der Waals surface area contributed by atoms with Gasteiger partial charge in [0.05, 0.1) is 0 Å². The van der Waals surface area contributed by atoms with E-state index in [1.54, 1.807) is 24.3 Å². The second kappa shape index (κ2) is 8.49. The zero-order chi connectivity index (χ0) is 18.5. The fourth-order valence-electron chi connectivity index (χ4n) is 3.63. The molecule has 2 unspecified atom stereocenters. The molecule has 26 heavy (non-hydrogen) atoms. The molecule has 2 atom stereocenters. The number of alkyl halides is 1. The lowest BCUT2D eigenvalue weighted by Gasteiger charge is -2.32. The summed E-state index contributed by atoms with van der Waals surface area (Å²) < 4.78 is 13.4. The zero-order valence-electron chi connectivity index (χ0n) is 14.4. The number of carbonyl (C=O) groups excluding carboxylic acids is 2. The topological polar surface area (TPSA) is 58.2 Å². The van der Waals surface area contributed by atoms with Gasteiger partial charge in [0.2, 0.25) is 5.91 Å². The van der Waals surface area contributed by atoms with Crippen LogP contribution in [0.4, 0.5) is 4.39 Å².